The number of rotatable bonds is 11. The highest BCUT2D eigenvalue weighted by Crippen LogP contribution is 2.30. The van der Waals surface area contributed by atoms with Crippen LogP contribution in [0, 0.1) is 10.1 Å². The second-order valence-corrected chi connectivity index (χ2v) is 8.92. The van der Waals surface area contributed by atoms with Crippen molar-refractivity contribution < 1.29 is 28.7 Å². The lowest BCUT2D eigenvalue weighted by molar-refractivity contribution is -0.385. The van der Waals surface area contributed by atoms with Crippen LogP contribution in [0.4, 0.5) is 5.69 Å². The van der Waals surface area contributed by atoms with Gasteiger partial charge < -0.3 is 24.4 Å². The maximum absolute atomic E-state index is 13.3. The Kier molecular flexibility index (Phi) is 9.44. The van der Waals surface area contributed by atoms with E-state index >= 15 is 0 Å². The van der Waals surface area contributed by atoms with Crippen LogP contribution < -0.4 is 19.5 Å². The molecule has 2 aromatic rings. The molecule has 2 rings (SSSR count). The van der Waals surface area contributed by atoms with E-state index in [0.29, 0.717) is 12.2 Å². The van der Waals surface area contributed by atoms with Gasteiger partial charge >= 0.3 is 5.69 Å². The van der Waals surface area contributed by atoms with Crippen LogP contribution in [0.15, 0.2) is 42.5 Å². The summed E-state index contributed by atoms with van der Waals surface area (Å²) in [5.74, 6) is 0.198. The summed E-state index contributed by atoms with van der Waals surface area (Å²) in [5.41, 5.74) is 0.105. The summed E-state index contributed by atoms with van der Waals surface area (Å²) in [6, 6.07) is 10.5. The van der Waals surface area contributed by atoms with Gasteiger partial charge in [0.2, 0.25) is 11.7 Å². The Bertz CT molecular complexity index is 1050. The quantitative estimate of drug-likeness (QED) is 0.379. The average molecular weight is 488 g/mol. The third-order valence-electron chi connectivity index (χ3n) is 5.08. The molecule has 35 heavy (non-hydrogen) atoms. The van der Waals surface area contributed by atoms with Gasteiger partial charge in [-0.15, -0.1) is 0 Å². The first-order chi connectivity index (χ1) is 16.5. The highest BCUT2D eigenvalue weighted by Gasteiger charge is 2.31. The summed E-state index contributed by atoms with van der Waals surface area (Å²) < 4.78 is 16.0. The van der Waals surface area contributed by atoms with Crippen LogP contribution >= 0.6 is 0 Å². The maximum atomic E-state index is 13.3. The molecular formula is C25H33N3O7. The Morgan fingerprint density at radius 2 is 1.80 bits per heavy atom. The van der Waals surface area contributed by atoms with E-state index in [4.69, 9.17) is 14.2 Å². The predicted molar refractivity (Wildman–Crippen MR) is 131 cm³/mol. The first-order valence-corrected chi connectivity index (χ1v) is 11.2. The van der Waals surface area contributed by atoms with E-state index in [1.54, 1.807) is 19.2 Å². The third-order valence-corrected chi connectivity index (χ3v) is 5.08. The normalized spacial score (nSPS) is 11.8. The van der Waals surface area contributed by atoms with Crippen molar-refractivity contribution in [3.05, 3.63) is 58.1 Å². The topological polar surface area (TPSA) is 120 Å². The summed E-state index contributed by atoms with van der Waals surface area (Å²) in [4.78, 5) is 38.4. The van der Waals surface area contributed by atoms with Gasteiger partial charge in [-0.25, -0.2) is 0 Å². The zero-order chi connectivity index (χ0) is 26.2. The van der Waals surface area contributed by atoms with Crippen molar-refractivity contribution in [1.82, 2.24) is 10.2 Å². The SMILES string of the molecule is CCC(C(=O)NC(C)(C)C)N(Cc1cccc(OC)c1)C(=O)COc1ccc([N+](=O)[O-])c(OC)c1. The van der Waals surface area contributed by atoms with Crippen molar-refractivity contribution in [2.24, 2.45) is 0 Å². The standard InChI is InChI=1S/C25H33N3O7/c1-7-20(24(30)26-25(2,3)4)27(15-17-9-8-10-18(13-17)33-5)23(29)16-35-19-11-12-21(28(31)32)22(14-19)34-6/h8-14,20H,7,15-16H2,1-6H3,(H,26,30). The first-order valence-electron chi connectivity index (χ1n) is 11.2. The molecule has 10 heteroatoms. The van der Waals surface area contributed by atoms with Crippen LogP contribution in [0.5, 0.6) is 17.2 Å². The second-order valence-electron chi connectivity index (χ2n) is 8.92. The number of methoxy groups -OCH3 is 2. The molecule has 0 saturated heterocycles. The van der Waals surface area contributed by atoms with Crippen molar-refractivity contribution in [3.63, 3.8) is 0 Å². The van der Waals surface area contributed by atoms with Crippen molar-refractivity contribution in [1.29, 1.82) is 0 Å². The summed E-state index contributed by atoms with van der Waals surface area (Å²) in [6.45, 7) is 7.24. The van der Waals surface area contributed by atoms with Gasteiger partial charge in [0.1, 0.15) is 17.5 Å². The molecule has 0 heterocycles. The van der Waals surface area contributed by atoms with Crippen LogP contribution in [0.2, 0.25) is 0 Å². The van der Waals surface area contributed by atoms with Crippen molar-refractivity contribution >= 4 is 17.5 Å². The van der Waals surface area contributed by atoms with Gasteiger partial charge in [-0.05, 0) is 51.0 Å². The number of hydrogen-bond donors (Lipinski definition) is 1. The second kappa shape index (κ2) is 12.0. The molecule has 0 spiro atoms. The number of carbonyl (C=O) groups excluding carboxylic acids is 2. The van der Waals surface area contributed by atoms with Crippen molar-refractivity contribution in [3.8, 4) is 17.2 Å². The Balaban J connectivity index is 2.29. The minimum Gasteiger partial charge on any atom is -0.497 e. The fourth-order valence-corrected chi connectivity index (χ4v) is 3.47. The molecule has 0 aliphatic heterocycles. The lowest BCUT2D eigenvalue weighted by Gasteiger charge is -2.33. The summed E-state index contributed by atoms with van der Waals surface area (Å²) in [6.07, 6.45) is 0.392. The fraction of sp³-hybridized carbons (Fsp3) is 0.440. The number of carbonyl (C=O) groups is 2. The average Bonchev–Trinajstić information content (AvgIpc) is 2.81. The summed E-state index contributed by atoms with van der Waals surface area (Å²) >= 11 is 0. The van der Waals surface area contributed by atoms with E-state index in [1.807, 2.05) is 39.8 Å². The maximum Gasteiger partial charge on any atom is 0.311 e. The summed E-state index contributed by atoms with van der Waals surface area (Å²) in [5, 5.41) is 14.1. The number of nitro benzene ring substituents is 1. The number of hydrogen-bond acceptors (Lipinski definition) is 7. The molecule has 10 nitrogen and oxygen atoms in total. The van der Waals surface area contributed by atoms with Gasteiger partial charge in [0.15, 0.2) is 6.61 Å². The molecule has 0 bridgehead atoms. The molecule has 0 aromatic heterocycles. The largest absolute Gasteiger partial charge is 0.497 e. The Morgan fingerprint density at radius 3 is 2.37 bits per heavy atom. The highest BCUT2D eigenvalue weighted by atomic mass is 16.6. The van der Waals surface area contributed by atoms with E-state index in [0.717, 1.165) is 5.56 Å². The molecular weight excluding hydrogens is 454 g/mol. The van der Waals surface area contributed by atoms with E-state index < -0.39 is 22.4 Å². The van der Waals surface area contributed by atoms with E-state index in [1.165, 1.54) is 30.2 Å². The van der Waals surface area contributed by atoms with Crippen LogP contribution in [0.1, 0.15) is 39.7 Å². The van der Waals surface area contributed by atoms with Crippen molar-refractivity contribution in [2.75, 3.05) is 20.8 Å². The number of nitrogens with zero attached hydrogens (tertiary/aromatic N) is 2. The van der Waals surface area contributed by atoms with Crippen molar-refractivity contribution in [2.45, 2.75) is 52.2 Å². The molecule has 2 aromatic carbocycles. The zero-order valence-electron chi connectivity index (χ0n) is 21.0. The van der Waals surface area contributed by atoms with Gasteiger partial charge in [0, 0.05) is 24.2 Å². The fourth-order valence-electron chi connectivity index (χ4n) is 3.47. The number of benzene rings is 2. The Hall–Kier alpha value is -3.82. The molecule has 0 aliphatic carbocycles. The minimum atomic E-state index is -0.733. The molecule has 1 unspecified atom stereocenters. The smallest absolute Gasteiger partial charge is 0.311 e. The van der Waals surface area contributed by atoms with Crippen LogP contribution in [-0.2, 0) is 16.1 Å². The zero-order valence-corrected chi connectivity index (χ0v) is 21.0. The predicted octanol–water partition coefficient (Wildman–Crippen LogP) is 3.71. The number of amides is 2. The molecule has 1 atom stereocenters. The molecule has 0 aliphatic rings. The molecule has 190 valence electrons. The van der Waals surface area contributed by atoms with E-state index in [-0.39, 0.29) is 36.2 Å². The molecule has 0 saturated carbocycles. The number of nitro groups is 1. The molecule has 0 fully saturated rings. The Labute approximate surface area is 205 Å². The molecule has 0 radical (unpaired) electrons. The van der Waals surface area contributed by atoms with Crippen LogP contribution in [-0.4, -0.2) is 54.0 Å². The van der Waals surface area contributed by atoms with Gasteiger partial charge in [-0.3, -0.25) is 19.7 Å². The summed E-state index contributed by atoms with van der Waals surface area (Å²) in [7, 11) is 2.87. The minimum absolute atomic E-state index is 0.0178. The molecule has 1 N–H and O–H groups in total. The lowest BCUT2D eigenvalue weighted by Crippen LogP contribution is -2.54. The van der Waals surface area contributed by atoms with E-state index in [2.05, 4.69) is 5.32 Å². The van der Waals surface area contributed by atoms with Gasteiger partial charge in [0.25, 0.3) is 5.91 Å². The molecule has 2 amide bonds. The van der Waals surface area contributed by atoms with Crippen LogP contribution in [0.3, 0.4) is 0 Å². The lowest BCUT2D eigenvalue weighted by atomic mass is 10.1. The first kappa shape index (κ1) is 27.4. The third kappa shape index (κ3) is 7.87. The number of ether oxygens (including phenoxy) is 3. The van der Waals surface area contributed by atoms with Gasteiger partial charge in [-0.1, -0.05) is 19.1 Å². The number of nitrogens with one attached hydrogen (secondary N) is 1. The monoisotopic (exact) mass is 487 g/mol. The van der Waals surface area contributed by atoms with Gasteiger partial charge in [0.05, 0.1) is 19.1 Å². The Morgan fingerprint density at radius 1 is 1.09 bits per heavy atom. The van der Waals surface area contributed by atoms with Crippen LogP contribution in [0.25, 0.3) is 0 Å². The van der Waals surface area contributed by atoms with Gasteiger partial charge in [-0.2, -0.15) is 0 Å². The highest BCUT2D eigenvalue weighted by molar-refractivity contribution is 5.88. The van der Waals surface area contributed by atoms with E-state index in [9.17, 15) is 19.7 Å².